The number of carbonyl (C=O) groups excluding carboxylic acids is 1. The molecule has 2 aliphatic carbocycles. The summed E-state index contributed by atoms with van der Waals surface area (Å²) < 4.78 is 12.1. The number of para-hydroxylation sites is 1. The van der Waals surface area contributed by atoms with Gasteiger partial charge in [-0.15, -0.1) is 0 Å². The van der Waals surface area contributed by atoms with E-state index in [1.807, 2.05) is 24.3 Å². The average molecular weight is 341 g/mol. The summed E-state index contributed by atoms with van der Waals surface area (Å²) in [5, 5.41) is 10.8. The normalized spacial score (nSPS) is 31.4. The summed E-state index contributed by atoms with van der Waals surface area (Å²) in [5.41, 5.74) is 2.56. The minimum absolute atomic E-state index is 0.0381. The zero-order valence-electron chi connectivity index (χ0n) is 14.5. The smallest absolute Gasteiger partial charge is 0.128 e. The van der Waals surface area contributed by atoms with Crippen molar-refractivity contribution < 1.29 is 19.4 Å². The molecule has 1 saturated heterocycles. The molecule has 0 amide bonds. The second-order valence-electron chi connectivity index (χ2n) is 7.43. The highest BCUT2D eigenvalue weighted by molar-refractivity contribution is 5.66. The second kappa shape index (κ2) is 7.20. The Balaban J connectivity index is 1.66. The van der Waals surface area contributed by atoms with Gasteiger partial charge in [-0.3, -0.25) is 0 Å². The molecule has 0 bridgehead atoms. The SMILES string of the molecule is O=C([O-])COc1ccccc1[C@@H]1O[C@H]2CCCC[C@@H]2C2=CCCC[C@H]21. The second-order valence-corrected chi connectivity index (χ2v) is 7.43. The van der Waals surface area contributed by atoms with Crippen molar-refractivity contribution in [3.63, 3.8) is 0 Å². The van der Waals surface area contributed by atoms with Gasteiger partial charge in [-0.05, 0) is 38.2 Å². The molecule has 4 nitrogen and oxygen atoms in total. The van der Waals surface area contributed by atoms with E-state index in [2.05, 4.69) is 6.08 Å². The predicted octanol–water partition coefficient (Wildman–Crippen LogP) is 3.17. The third-order valence-corrected chi connectivity index (χ3v) is 5.92. The Morgan fingerprint density at radius 2 is 1.92 bits per heavy atom. The lowest BCUT2D eigenvalue weighted by Crippen LogP contribution is -2.41. The van der Waals surface area contributed by atoms with E-state index in [0.717, 1.165) is 18.4 Å². The van der Waals surface area contributed by atoms with Crippen LogP contribution in [0.4, 0.5) is 0 Å². The van der Waals surface area contributed by atoms with E-state index in [1.165, 1.54) is 32.1 Å². The van der Waals surface area contributed by atoms with Gasteiger partial charge in [0.25, 0.3) is 0 Å². The van der Waals surface area contributed by atoms with Crippen LogP contribution < -0.4 is 9.84 Å². The van der Waals surface area contributed by atoms with Gasteiger partial charge < -0.3 is 19.4 Å². The molecular formula is C21H25O4-. The quantitative estimate of drug-likeness (QED) is 0.789. The molecule has 4 atom stereocenters. The summed E-state index contributed by atoms with van der Waals surface area (Å²) in [6.07, 6.45) is 11.1. The lowest BCUT2D eigenvalue weighted by Gasteiger charge is -2.47. The standard InChI is InChI=1S/C21H26O4/c22-20(23)13-24-18-11-5-4-10-17(18)21-16-9-2-1-7-14(16)15-8-3-6-12-19(15)25-21/h4-5,7,10-11,15-16,19,21H,1-3,6,8-9,12-13H2,(H,22,23)/p-1/t15-,16-,19+,21-/m1/s1. The van der Waals surface area contributed by atoms with Crippen molar-refractivity contribution in [2.24, 2.45) is 11.8 Å². The first-order valence-corrected chi connectivity index (χ1v) is 9.51. The molecule has 1 heterocycles. The molecule has 4 heteroatoms. The van der Waals surface area contributed by atoms with Gasteiger partial charge in [-0.25, -0.2) is 0 Å². The van der Waals surface area contributed by atoms with Crippen molar-refractivity contribution in [1.82, 2.24) is 0 Å². The van der Waals surface area contributed by atoms with E-state index in [-0.39, 0.29) is 12.2 Å². The van der Waals surface area contributed by atoms with Gasteiger partial charge in [0.2, 0.25) is 0 Å². The lowest BCUT2D eigenvalue weighted by atomic mass is 9.68. The minimum atomic E-state index is -1.20. The van der Waals surface area contributed by atoms with Crippen LogP contribution in [0.2, 0.25) is 0 Å². The van der Waals surface area contributed by atoms with Crippen LogP contribution in [0.25, 0.3) is 0 Å². The van der Waals surface area contributed by atoms with Crippen LogP contribution in [0.3, 0.4) is 0 Å². The third kappa shape index (κ3) is 3.32. The van der Waals surface area contributed by atoms with Crippen molar-refractivity contribution in [1.29, 1.82) is 0 Å². The van der Waals surface area contributed by atoms with Gasteiger partial charge in [0, 0.05) is 17.4 Å². The Morgan fingerprint density at radius 3 is 2.80 bits per heavy atom. The molecular weight excluding hydrogens is 316 g/mol. The highest BCUT2D eigenvalue weighted by atomic mass is 16.5. The van der Waals surface area contributed by atoms with Crippen molar-refractivity contribution in [2.45, 2.75) is 57.2 Å². The maximum atomic E-state index is 10.8. The lowest BCUT2D eigenvalue weighted by molar-refractivity contribution is -0.307. The molecule has 1 aliphatic heterocycles. The number of carboxylic acid groups (broad SMARTS) is 1. The van der Waals surface area contributed by atoms with Crippen LogP contribution in [0.1, 0.15) is 56.6 Å². The molecule has 2 fully saturated rings. The molecule has 0 radical (unpaired) electrons. The number of aliphatic carboxylic acids is 1. The third-order valence-electron chi connectivity index (χ3n) is 5.92. The number of carbonyl (C=O) groups is 1. The first-order chi connectivity index (χ1) is 12.2. The van der Waals surface area contributed by atoms with E-state index < -0.39 is 12.6 Å². The fraction of sp³-hybridized carbons (Fsp3) is 0.571. The predicted molar refractivity (Wildman–Crippen MR) is 91.9 cm³/mol. The van der Waals surface area contributed by atoms with Crippen LogP contribution in [-0.4, -0.2) is 18.7 Å². The van der Waals surface area contributed by atoms with Crippen LogP contribution in [0.15, 0.2) is 35.9 Å². The van der Waals surface area contributed by atoms with Crippen molar-refractivity contribution >= 4 is 5.97 Å². The van der Waals surface area contributed by atoms with E-state index >= 15 is 0 Å². The van der Waals surface area contributed by atoms with Gasteiger partial charge in [0.15, 0.2) is 0 Å². The number of allylic oxidation sites excluding steroid dienone is 1. The Bertz CT molecular complexity index is 666. The molecule has 0 unspecified atom stereocenters. The zero-order chi connectivity index (χ0) is 17.2. The number of hydrogen-bond acceptors (Lipinski definition) is 4. The van der Waals surface area contributed by atoms with Gasteiger partial charge in [-0.1, -0.05) is 42.7 Å². The summed E-state index contributed by atoms with van der Waals surface area (Å²) in [4.78, 5) is 10.8. The van der Waals surface area contributed by atoms with Gasteiger partial charge in [-0.2, -0.15) is 0 Å². The maximum absolute atomic E-state index is 10.8. The van der Waals surface area contributed by atoms with E-state index in [0.29, 0.717) is 17.6 Å². The molecule has 0 spiro atoms. The molecule has 1 aromatic carbocycles. The summed E-state index contributed by atoms with van der Waals surface area (Å²) in [7, 11) is 0. The fourth-order valence-electron chi connectivity index (χ4n) is 4.88. The largest absolute Gasteiger partial charge is 0.546 e. The molecule has 3 aliphatic rings. The summed E-state index contributed by atoms with van der Waals surface area (Å²) in [5.74, 6) is 0.369. The fourth-order valence-corrected chi connectivity index (χ4v) is 4.88. The highest BCUT2D eigenvalue weighted by Gasteiger charge is 2.44. The molecule has 0 N–H and O–H groups in total. The highest BCUT2D eigenvalue weighted by Crippen LogP contribution is 2.52. The van der Waals surface area contributed by atoms with E-state index in [1.54, 1.807) is 5.57 Å². The van der Waals surface area contributed by atoms with Crippen molar-refractivity contribution in [2.75, 3.05) is 6.61 Å². The molecule has 134 valence electrons. The molecule has 4 rings (SSSR count). The number of ether oxygens (including phenoxy) is 2. The van der Waals surface area contributed by atoms with Gasteiger partial charge >= 0.3 is 0 Å². The van der Waals surface area contributed by atoms with Crippen LogP contribution in [0.5, 0.6) is 5.75 Å². The summed E-state index contributed by atoms with van der Waals surface area (Å²) in [6.45, 7) is -0.427. The number of rotatable bonds is 4. The average Bonchev–Trinajstić information content (AvgIpc) is 2.66. The van der Waals surface area contributed by atoms with E-state index in [4.69, 9.17) is 9.47 Å². The van der Waals surface area contributed by atoms with Crippen LogP contribution >= 0.6 is 0 Å². The Labute approximate surface area is 148 Å². The number of carboxylic acids is 1. The molecule has 1 saturated carbocycles. The van der Waals surface area contributed by atoms with E-state index in [9.17, 15) is 9.90 Å². The van der Waals surface area contributed by atoms with Crippen molar-refractivity contribution in [3.05, 3.63) is 41.5 Å². The molecule has 0 aromatic heterocycles. The number of fused-ring (bicyclic) bond motifs is 3. The minimum Gasteiger partial charge on any atom is -0.546 e. The van der Waals surface area contributed by atoms with Gasteiger partial charge in [0.1, 0.15) is 12.4 Å². The Kier molecular flexibility index (Phi) is 4.80. The Morgan fingerprint density at radius 1 is 1.12 bits per heavy atom. The van der Waals surface area contributed by atoms with Crippen molar-refractivity contribution in [3.8, 4) is 5.75 Å². The van der Waals surface area contributed by atoms with Gasteiger partial charge in [0.05, 0.1) is 18.2 Å². The Hall–Kier alpha value is -1.81. The first kappa shape index (κ1) is 16.6. The van der Waals surface area contributed by atoms with Crippen LogP contribution in [-0.2, 0) is 9.53 Å². The summed E-state index contributed by atoms with van der Waals surface area (Å²) in [6, 6.07) is 7.70. The summed E-state index contributed by atoms with van der Waals surface area (Å²) >= 11 is 0. The number of hydrogen-bond donors (Lipinski definition) is 0. The topological polar surface area (TPSA) is 58.6 Å². The first-order valence-electron chi connectivity index (χ1n) is 9.51. The zero-order valence-corrected chi connectivity index (χ0v) is 14.5. The number of benzene rings is 1. The molecule has 1 aromatic rings. The monoisotopic (exact) mass is 341 g/mol. The maximum Gasteiger partial charge on any atom is 0.128 e. The molecule has 25 heavy (non-hydrogen) atoms. The van der Waals surface area contributed by atoms with Crippen LogP contribution in [0, 0.1) is 11.8 Å².